The fourth-order valence-corrected chi connectivity index (χ4v) is 2.82. The number of aromatic nitrogens is 1. The van der Waals surface area contributed by atoms with Crippen molar-refractivity contribution in [2.75, 3.05) is 0 Å². The van der Waals surface area contributed by atoms with Gasteiger partial charge in [-0.3, -0.25) is 9.59 Å². The summed E-state index contributed by atoms with van der Waals surface area (Å²) < 4.78 is 5.72. The topological polar surface area (TPSA) is 71.2 Å². The predicted octanol–water partition coefficient (Wildman–Crippen LogP) is 3.50. The van der Waals surface area contributed by atoms with E-state index in [2.05, 4.69) is 10.3 Å². The Morgan fingerprint density at radius 2 is 1.74 bits per heavy atom. The number of hydrogen-bond donors (Lipinski definition) is 2. The first-order chi connectivity index (χ1) is 13.0. The largest absolute Gasteiger partial charge is 0.489 e. The number of aromatic amines is 1. The van der Waals surface area contributed by atoms with E-state index in [1.165, 1.54) is 0 Å². The Labute approximate surface area is 158 Å². The Morgan fingerprint density at radius 3 is 2.41 bits per heavy atom. The van der Waals surface area contributed by atoms with E-state index in [0.717, 1.165) is 16.8 Å². The van der Waals surface area contributed by atoms with Crippen molar-refractivity contribution in [3.63, 3.8) is 0 Å². The maximum Gasteiger partial charge on any atom is 0.253 e. The van der Waals surface area contributed by atoms with Crippen LogP contribution in [0.1, 0.15) is 32.7 Å². The number of aryl methyl sites for hydroxylation is 2. The van der Waals surface area contributed by atoms with Crippen molar-refractivity contribution in [1.29, 1.82) is 0 Å². The van der Waals surface area contributed by atoms with Gasteiger partial charge in [0.1, 0.15) is 12.4 Å². The molecular formula is C22H22N2O3. The lowest BCUT2D eigenvalue weighted by Crippen LogP contribution is -2.27. The minimum atomic E-state index is -0.232. The summed E-state index contributed by atoms with van der Waals surface area (Å²) in [6, 6.07) is 18.7. The zero-order chi connectivity index (χ0) is 19.2. The summed E-state index contributed by atoms with van der Waals surface area (Å²) in [5, 5.41) is 2.79. The smallest absolute Gasteiger partial charge is 0.253 e. The molecule has 0 fully saturated rings. The maximum atomic E-state index is 12.3. The standard InChI is InChI=1S/C22H22N2O3/c1-15-12-16(2)24-22(26)20(15)13-23-21(25)18-8-10-19(11-9-18)27-14-17-6-4-3-5-7-17/h3-12H,13-14H2,1-2H3,(H,23,25)(H,24,26). The fraction of sp³-hybridized carbons (Fsp3) is 0.182. The van der Waals surface area contributed by atoms with Gasteiger partial charge in [0, 0.05) is 23.4 Å². The molecule has 27 heavy (non-hydrogen) atoms. The van der Waals surface area contributed by atoms with Crippen molar-refractivity contribution in [2.45, 2.75) is 27.0 Å². The van der Waals surface area contributed by atoms with Gasteiger partial charge in [-0.15, -0.1) is 0 Å². The monoisotopic (exact) mass is 362 g/mol. The second kappa shape index (κ2) is 8.36. The molecule has 0 atom stereocenters. The molecule has 0 unspecified atom stereocenters. The molecule has 1 aromatic heterocycles. The summed E-state index contributed by atoms with van der Waals surface area (Å²) >= 11 is 0. The van der Waals surface area contributed by atoms with Crippen LogP contribution in [0, 0.1) is 13.8 Å². The number of carbonyl (C=O) groups excluding carboxylic acids is 1. The van der Waals surface area contributed by atoms with E-state index < -0.39 is 0 Å². The Morgan fingerprint density at radius 1 is 1.04 bits per heavy atom. The number of rotatable bonds is 6. The maximum absolute atomic E-state index is 12.3. The zero-order valence-electron chi connectivity index (χ0n) is 15.4. The number of nitrogens with one attached hydrogen (secondary N) is 2. The number of carbonyl (C=O) groups is 1. The lowest BCUT2D eigenvalue weighted by atomic mass is 10.1. The first kappa shape index (κ1) is 18.5. The normalized spacial score (nSPS) is 10.4. The highest BCUT2D eigenvalue weighted by Gasteiger charge is 2.09. The third-order valence-electron chi connectivity index (χ3n) is 4.28. The van der Waals surface area contributed by atoms with Crippen molar-refractivity contribution in [2.24, 2.45) is 0 Å². The molecule has 1 amide bonds. The van der Waals surface area contributed by atoms with Gasteiger partial charge in [0.2, 0.25) is 0 Å². The van der Waals surface area contributed by atoms with Gasteiger partial charge in [-0.1, -0.05) is 30.3 Å². The predicted molar refractivity (Wildman–Crippen MR) is 105 cm³/mol. The molecule has 0 saturated heterocycles. The molecule has 3 rings (SSSR count). The summed E-state index contributed by atoms with van der Waals surface area (Å²) in [5.74, 6) is 0.463. The van der Waals surface area contributed by atoms with Crippen LogP contribution in [0.15, 0.2) is 65.5 Å². The van der Waals surface area contributed by atoms with Gasteiger partial charge in [-0.25, -0.2) is 0 Å². The van der Waals surface area contributed by atoms with Gasteiger partial charge < -0.3 is 15.0 Å². The average Bonchev–Trinajstić information content (AvgIpc) is 2.66. The molecule has 3 aromatic rings. The van der Waals surface area contributed by atoms with Crippen LogP contribution in [0.5, 0.6) is 5.75 Å². The summed E-state index contributed by atoms with van der Waals surface area (Å²) in [6.07, 6.45) is 0. The molecule has 5 heteroatoms. The van der Waals surface area contributed by atoms with Crippen LogP contribution in [-0.4, -0.2) is 10.9 Å². The lowest BCUT2D eigenvalue weighted by Gasteiger charge is -2.09. The van der Waals surface area contributed by atoms with Crippen LogP contribution >= 0.6 is 0 Å². The van der Waals surface area contributed by atoms with E-state index in [9.17, 15) is 9.59 Å². The number of ether oxygens (including phenoxy) is 1. The van der Waals surface area contributed by atoms with Crippen LogP contribution in [0.25, 0.3) is 0 Å². The number of amides is 1. The number of H-pyrrole nitrogens is 1. The fourth-order valence-electron chi connectivity index (χ4n) is 2.82. The Bertz CT molecular complexity index is 977. The van der Waals surface area contributed by atoms with Crippen molar-refractivity contribution < 1.29 is 9.53 Å². The summed E-state index contributed by atoms with van der Waals surface area (Å²) in [4.78, 5) is 27.1. The molecule has 0 radical (unpaired) electrons. The Kier molecular flexibility index (Phi) is 5.71. The van der Waals surface area contributed by atoms with E-state index in [1.54, 1.807) is 24.3 Å². The Balaban J connectivity index is 1.58. The molecule has 0 aliphatic carbocycles. The molecule has 0 aliphatic rings. The van der Waals surface area contributed by atoms with Crippen LogP contribution in [0.4, 0.5) is 0 Å². The summed E-state index contributed by atoms with van der Waals surface area (Å²) in [7, 11) is 0. The molecule has 2 aromatic carbocycles. The highest BCUT2D eigenvalue weighted by molar-refractivity contribution is 5.94. The van der Waals surface area contributed by atoms with E-state index in [4.69, 9.17) is 4.74 Å². The van der Waals surface area contributed by atoms with Crippen molar-refractivity contribution in [1.82, 2.24) is 10.3 Å². The molecule has 1 heterocycles. The van der Waals surface area contributed by atoms with Crippen molar-refractivity contribution in [3.8, 4) is 5.75 Å². The van der Waals surface area contributed by atoms with Gasteiger partial charge >= 0.3 is 0 Å². The van der Waals surface area contributed by atoms with Crippen LogP contribution in [-0.2, 0) is 13.2 Å². The summed E-state index contributed by atoms with van der Waals surface area (Å²) in [5.41, 5.74) is 3.66. The first-order valence-corrected chi connectivity index (χ1v) is 8.77. The number of hydrogen-bond acceptors (Lipinski definition) is 3. The highest BCUT2D eigenvalue weighted by Crippen LogP contribution is 2.14. The van der Waals surface area contributed by atoms with Crippen LogP contribution in [0.2, 0.25) is 0 Å². The molecule has 0 saturated carbocycles. The number of benzene rings is 2. The molecule has 138 valence electrons. The van der Waals surface area contributed by atoms with E-state index in [-0.39, 0.29) is 18.0 Å². The molecule has 5 nitrogen and oxygen atoms in total. The molecule has 2 N–H and O–H groups in total. The van der Waals surface area contributed by atoms with Gasteiger partial charge in [0.15, 0.2) is 0 Å². The van der Waals surface area contributed by atoms with Gasteiger partial charge in [-0.2, -0.15) is 0 Å². The van der Waals surface area contributed by atoms with Crippen LogP contribution < -0.4 is 15.6 Å². The van der Waals surface area contributed by atoms with Gasteiger partial charge in [-0.05, 0) is 55.3 Å². The molecule has 0 bridgehead atoms. The minimum Gasteiger partial charge on any atom is -0.489 e. The zero-order valence-corrected chi connectivity index (χ0v) is 15.4. The van der Waals surface area contributed by atoms with E-state index >= 15 is 0 Å². The van der Waals surface area contributed by atoms with E-state index in [0.29, 0.717) is 23.5 Å². The molecular weight excluding hydrogens is 340 g/mol. The molecule has 0 aliphatic heterocycles. The lowest BCUT2D eigenvalue weighted by molar-refractivity contribution is 0.0950. The Hall–Kier alpha value is -3.34. The average molecular weight is 362 g/mol. The molecule has 0 spiro atoms. The number of pyridine rings is 1. The SMILES string of the molecule is Cc1cc(C)c(CNC(=O)c2ccc(OCc3ccccc3)cc2)c(=O)[nH]1. The van der Waals surface area contributed by atoms with Crippen LogP contribution in [0.3, 0.4) is 0 Å². The third kappa shape index (κ3) is 4.85. The second-order valence-corrected chi connectivity index (χ2v) is 6.42. The minimum absolute atomic E-state index is 0.169. The van der Waals surface area contributed by atoms with Crippen molar-refractivity contribution in [3.05, 3.63) is 99.0 Å². The van der Waals surface area contributed by atoms with Gasteiger partial charge in [0.25, 0.3) is 11.5 Å². The second-order valence-electron chi connectivity index (χ2n) is 6.42. The van der Waals surface area contributed by atoms with Crippen molar-refractivity contribution >= 4 is 5.91 Å². The van der Waals surface area contributed by atoms with Gasteiger partial charge in [0.05, 0.1) is 0 Å². The quantitative estimate of drug-likeness (QED) is 0.705. The highest BCUT2D eigenvalue weighted by atomic mass is 16.5. The first-order valence-electron chi connectivity index (χ1n) is 8.77. The van der Waals surface area contributed by atoms with E-state index in [1.807, 2.05) is 50.2 Å². The third-order valence-corrected chi connectivity index (χ3v) is 4.28. The summed E-state index contributed by atoms with van der Waals surface area (Å²) in [6.45, 7) is 4.36.